The standard InChI is InChI=1S/C6H7NO2.C6H7NO.C5H9NO.C5H9NS.C5H10O.C5H10S.6C4H10/c1-4-2-3-5(8)7-6(4)9;1-5-3-2-4-6(8)7-5;2*7-5-3-1-2-4-6-5;2*1-2-4-6-5-3-1;6*1-4(2)3/h2H,3H2,1H3,(H,7,8,9);2,4H,1,3H2,(H,7,8);2*1-4H2,(H,6,7);2*1-5H2;6*4H,1-3H3. The number of rotatable bonds is 0. The molecule has 0 radical (unpaired) electrons. The zero-order valence-electron chi connectivity index (χ0n) is 47.4. The molecule has 0 atom stereocenters. The monoisotopic (exact) mass is 985 g/mol. The molecule has 4 amide bonds. The molecule has 6 rings (SSSR count). The lowest BCUT2D eigenvalue weighted by Gasteiger charge is -2.12. The second-order valence-corrected chi connectivity index (χ2v) is 22.7. The van der Waals surface area contributed by atoms with E-state index in [4.69, 9.17) is 17.0 Å². The number of allylic oxidation sites excluding steroid dienone is 1. The first-order valence-electron chi connectivity index (χ1n) is 26.0. The van der Waals surface area contributed by atoms with Crippen LogP contribution in [0, 0.1) is 35.5 Å². The molecular weight excluding hydrogens is 873 g/mol. The fourth-order valence-electron chi connectivity index (χ4n) is 4.02. The van der Waals surface area contributed by atoms with Crippen LogP contribution in [0.5, 0.6) is 0 Å². The summed E-state index contributed by atoms with van der Waals surface area (Å²) in [7, 11) is 0. The quantitative estimate of drug-likeness (QED) is 0.140. The smallest absolute Gasteiger partial charge is 0.253 e. The van der Waals surface area contributed by atoms with E-state index in [1.54, 1.807) is 19.1 Å². The molecule has 67 heavy (non-hydrogen) atoms. The number of imide groups is 1. The Morgan fingerprint density at radius 1 is 0.537 bits per heavy atom. The van der Waals surface area contributed by atoms with Gasteiger partial charge >= 0.3 is 0 Å². The van der Waals surface area contributed by atoms with E-state index in [0.717, 1.165) is 105 Å². The molecule has 4 saturated heterocycles. The normalized spacial score (nSPS) is 16.8. The Hall–Kier alpha value is -2.50. The number of carbonyl (C=O) groups excluding carboxylic acids is 4. The molecule has 11 heteroatoms. The second kappa shape index (κ2) is 57.8. The molecule has 0 unspecified atom stereocenters. The first-order valence-corrected chi connectivity index (χ1v) is 27.6. The summed E-state index contributed by atoms with van der Waals surface area (Å²) in [6.45, 7) is 48.2. The van der Waals surface area contributed by atoms with Crippen molar-refractivity contribution < 1.29 is 23.9 Å². The summed E-state index contributed by atoms with van der Waals surface area (Å²) in [5.41, 5.74) is 1.40. The van der Waals surface area contributed by atoms with Gasteiger partial charge in [-0.2, -0.15) is 11.8 Å². The summed E-state index contributed by atoms with van der Waals surface area (Å²) >= 11 is 6.99. The highest BCUT2D eigenvalue weighted by molar-refractivity contribution is 7.99. The molecule has 4 N–H and O–H groups in total. The topological polar surface area (TPSA) is 126 Å². The number of nitrogens with one attached hydrogen (secondary N) is 4. The molecule has 0 aromatic carbocycles. The maximum absolute atomic E-state index is 10.6. The third kappa shape index (κ3) is 102. The van der Waals surface area contributed by atoms with Gasteiger partial charge in [-0.1, -0.05) is 162 Å². The zero-order valence-corrected chi connectivity index (χ0v) is 49.0. The average Bonchev–Trinajstić information content (AvgIpc) is 3.21. The summed E-state index contributed by atoms with van der Waals surface area (Å²) in [5.74, 6) is 7.49. The Bertz CT molecular complexity index is 1090. The minimum Gasteiger partial charge on any atom is -0.381 e. The fourth-order valence-corrected chi connectivity index (χ4v) is 5.28. The maximum Gasteiger partial charge on any atom is 0.253 e. The fraction of sp³-hybridized carbons (Fsp3) is 0.804. The van der Waals surface area contributed by atoms with E-state index < -0.39 is 0 Å². The molecule has 6 aliphatic rings. The van der Waals surface area contributed by atoms with E-state index in [1.807, 2.05) is 0 Å². The number of ether oxygens (including phenoxy) is 1. The van der Waals surface area contributed by atoms with Crippen LogP contribution in [0.15, 0.2) is 36.1 Å². The molecular formula is C56H112N4O5S2. The lowest BCUT2D eigenvalue weighted by Crippen LogP contribution is -2.33. The number of hydrogen-bond donors (Lipinski definition) is 4. The van der Waals surface area contributed by atoms with Crippen LogP contribution < -0.4 is 21.3 Å². The lowest BCUT2D eigenvalue weighted by molar-refractivity contribution is -0.129. The molecule has 0 aromatic heterocycles. The van der Waals surface area contributed by atoms with Gasteiger partial charge in [0.15, 0.2) is 0 Å². The number of thiocarbonyl (C=S) groups is 1. The van der Waals surface area contributed by atoms with Crippen molar-refractivity contribution >= 4 is 52.6 Å². The van der Waals surface area contributed by atoms with Crippen LogP contribution in [0.2, 0.25) is 0 Å². The van der Waals surface area contributed by atoms with Gasteiger partial charge in [-0.15, -0.1) is 0 Å². The summed E-state index contributed by atoms with van der Waals surface area (Å²) in [5, 5.41) is 10.6. The van der Waals surface area contributed by atoms with Gasteiger partial charge in [0.25, 0.3) is 5.91 Å². The highest BCUT2D eigenvalue weighted by Gasteiger charge is 2.13. The predicted molar refractivity (Wildman–Crippen MR) is 303 cm³/mol. The van der Waals surface area contributed by atoms with Crippen molar-refractivity contribution in [1.82, 2.24) is 21.3 Å². The van der Waals surface area contributed by atoms with Gasteiger partial charge in [-0.25, -0.2) is 0 Å². The van der Waals surface area contributed by atoms with Gasteiger partial charge in [0.2, 0.25) is 17.7 Å². The van der Waals surface area contributed by atoms with Gasteiger partial charge in [-0.3, -0.25) is 24.5 Å². The van der Waals surface area contributed by atoms with Crippen molar-refractivity contribution in [1.29, 1.82) is 0 Å². The highest BCUT2D eigenvalue weighted by Crippen LogP contribution is 2.15. The number of thioether (sulfide) groups is 1. The van der Waals surface area contributed by atoms with Gasteiger partial charge < -0.3 is 20.7 Å². The highest BCUT2D eigenvalue weighted by atomic mass is 32.2. The van der Waals surface area contributed by atoms with Crippen molar-refractivity contribution in [2.24, 2.45) is 35.5 Å². The Labute approximate surface area is 426 Å². The summed E-state index contributed by atoms with van der Waals surface area (Å²) in [6.07, 6.45) is 21.0. The van der Waals surface area contributed by atoms with Gasteiger partial charge in [0.1, 0.15) is 0 Å². The minimum absolute atomic E-state index is 0.0683. The number of carbonyl (C=O) groups is 4. The molecule has 0 aromatic rings. The minimum atomic E-state index is -0.272. The lowest BCUT2D eigenvalue weighted by atomic mass is 10.1. The first kappa shape index (κ1) is 76.0. The van der Waals surface area contributed by atoms with Gasteiger partial charge in [0.05, 0.1) is 4.99 Å². The molecule has 4 fully saturated rings. The van der Waals surface area contributed by atoms with Crippen LogP contribution in [0.25, 0.3) is 0 Å². The van der Waals surface area contributed by atoms with Crippen molar-refractivity contribution in [3.05, 3.63) is 36.1 Å². The van der Waals surface area contributed by atoms with E-state index in [-0.39, 0.29) is 23.6 Å². The predicted octanol–water partition coefficient (Wildman–Crippen LogP) is 15.0. The molecule has 0 spiro atoms. The molecule has 0 saturated carbocycles. The van der Waals surface area contributed by atoms with Crippen LogP contribution in [0.4, 0.5) is 0 Å². The molecule has 6 heterocycles. The van der Waals surface area contributed by atoms with Crippen LogP contribution in [0.3, 0.4) is 0 Å². The van der Waals surface area contributed by atoms with Crippen LogP contribution in [0.1, 0.15) is 221 Å². The Kier molecular flexibility index (Phi) is 65.6. The van der Waals surface area contributed by atoms with Crippen LogP contribution in [-0.4, -0.2) is 66.4 Å². The maximum atomic E-state index is 10.6. The van der Waals surface area contributed by atoms with E-state index in [1.165, 1.54) is 68.9 Å². The Morgan fingerprint density at radius 3 is 1.13 bits per heavy atom. The van der Waals surface area contributed by atoms with Crippen LogP contribution in [-0.2, 0) is 23.9 Å². The van der Waals surface area contributed by atoms with Gasteiger partial charge in [-0.05, 0) is 124 Å². The molecule has 9 nitrogen and oxygen atoms in total. The molecule has 6 aliphatic heterocycles. The van der Waals surface area contributed by atoms with Crippen molar-refractivity contribution in [2.75, 3.05) is 37.8 Å². The SMILES string of the molecule is C1CCOCC1.C1CCSCC1.C=C1CC=CC(=O)N1.CC(C)C.CC(C)C.CC(C)C.CC(C)C.CC(C)C.CC(C)C.CC1=CCC(=O)NC1=O.O=C1CCCCN1.S=C1CCCCN1. The number of amides is 4. The number of hydrogen-bond acceptors (Lipinski definition) is 7. The van der Waals surface area contributed by atoms with Crippen molar-refractivity contribution in [3.8, 4) is 0 Å². The second-order valence-electron chi connectivity index (χ2n) is 21.0. The summed E-state index contributed by atoms with van der Waals surface area (Å²) in [4.78, 5) is 42.9. The number of piperidine rings is 2. The Morgan fingerprint density at radius 2 is 0.955 bits per heavy atom. The zero-order chi connectivity index (χ0) is 53.0. The molecule has 0 aliphatic carbocycles. The molecule has 398 valence electrons. The summed E-state index contributed by atoms with van der Waals surface area (Å²) < 4.78 is 5.07. The third-order valence-corrected chi connectivity index (χ3v) is 8.10. The van der Waals surface area contributed by atoms with Crippen molar-refractivity contribution in [2.45, 2.75) is 221 Å². The van der Waals surface area contributed by atoms with E-state index in [9.17, 15) is 19.2 Å². The molecule has 0 bridgehead atoms. The van der Waals surface area contributed by atoms with E-state index >= 15 is 0 Å². The van der Waals surface area contributed by atoms with Gasteiger partial charge in [0, 0.05) is 56.8 Å². The van der Waals surface area contributed by atoms with E-state index in [0.29, 0.717) is 12.0 Å². The first-order chi connectivity index (χ1) is 31.2. The van der Waals surface area contributed by atoms with E-state index in [2.05, 4.69) is 164 Å². The largest absolute Gasteiger partial charge is 0.381 e. The van der Waals surface area contributed by atoms with Crippen molar-refractivity contribution in [3.63, 3.8) is 0 Å². The van der Waals surface area contributed by atoms with Crippen LogP contribution >= 0.6 is 24.0 Å². The Balaban J connectivity index is -0.000000153. The summed E-state index contributed by atoms with van der Waals surface area (Å²) in [6, 6.07) is 0. The average molecular weight is 986 g/mol. The third-order valence-electron chi connectivity index (χ3n) is 6.60.